The SMILES string of the molecule is COc1ccc(C(O)C2CCOC3(CCCC3)C2)c(F)c1. The topological polar surface area (TPSA) is 38.7 Å². The monoisotopic (exact) mass is 294 g/mol. The average Bonchev–Trinajstić information content (AvgIpc) is 2.94. The van der Waals surface area contributed by atoms with E-state index in [1.165, 1.54) is 26.0 Å². The molecule has 0 aromatic heterocycles. The van der Waals surface area contributed by atoms with E-state index in [1.807, 2.05) is 0 Å². The largest absolute Gasteiger partial charge is 0.497 e. The molecular weight excluding hydrogens is 271 g/mol. The lowest BCUT2D eigenvalue weighted by atomic mass is 9.80. The molecule has 1 aliphatic heterocycles. The molecule has 3 nitrogen and oxygen atoms in total. The Bertz CT molecular complexity index is 497. The van der Waals surface area contributed by atoms with Crippen LogP contribution in [0.4, 0.5) is 4.39 Å². The Kier molecular flexibility index (Phi) is 4.18. The number of halogens is 1. The van der Waals surface area contributed by atoms with E-state index in [-0.39, 0.29) is 11.5 Å². The van der Waals surface area contributed by atoms with E-state index in [0.717, 1.165) is 25.7 Å². The van der Waals surface area contributed by atoms with Gasteiger partial charge in [-0.3, -0.25) is 0 Å². The van der Waals surface area contributed by atoms with Crippen LogP contribution in [0.15, 0.2) is 18.2 Å². The smallest absolute Gasteiger partial charge is 0.132 e. The molecule has 116 valence electrons. The summed E-state index contributed by atoms with van der Waals surface area (Å²) >= 11 is 0. The summed E-state index contributed by atoms with van der Waals surface area (Å²) in [6.45, 7) is 0.666. The summed E-state index contributed by atoms with van der Waals surface area (Å²) in [6.07, 6.45) is 5.38. The zero-order valence-electron chi connectivity index (χ0n) is 12.5. The number of rotatable bonds is 3. The summed E-state index contributed by atoms with van der Waals surface area (Å²) in [6, 6.07) is 4.67. The molecule has 2 atom stereocenters. The predicted octanol–water partition coefficient (Wildman–Crippen LogP) is 3.61. The fourth-order valence-corrected chi connectivity index (χ4v) is 3.83. The first kappa shape index (κ1) is 14.8. The quantitative estimate of drug-likeness (QED) is 0.925. The summed E-state index contributed by atoms with van der Waals surface area (Å²) in [5.74, 6) is 0.149. The molecule has 2 aliphatic rings. The minimum atomic E-state index is -0.766. The molecule has 1 saturated heterocycles. The van der Waals surface area contributed by atoms with E-state index in [0.29, 0.717) is 17.9 Å². The average molecular weight is 294 g/mol. The van der Waals surface area contributed by atoms with Crippen LogP contribution < -0.4 is 4.74 Å². The Balaban J connectivity index is 1.76. The second-order valence-electron chi connectivity index (χ2n) is 6.32. The fourth-order valence-electron chi connectivity index (χ4n) is 3.83. The molecule has 0 bridgehead atoms. The lowest BCUT2D eigenvalue weighted by Crippen LogP contribution is -2.39. The van der Waals surface area contributed by atoms with Crippen LogP contribution in [-0.2, 0) is 4.74 Å². The van der Waals surface area contributed by atoms with Gasteiger partial charge in [-0.05, 0) is 43.7 Å². The number of aliphatic hydroxyl groups is 1. The molecule has 1 aromatic rings. The zero-order valence-corrected chi connectivity index (χ0v) is 12.5. The van der Waals surface area contributed by atoms with Crippen molar-refractivity contribution in [1.29, 1.82) is 0 Å². The first-order chi connectivity index (χ1) is 10.1. The number of benzene rings is 1. The maximum Gasteiger partial charge on any atom is 0.132 e. The molecule has 21 heavy (non-hydrogen) atoms. The number of hydrogen-bond donors (Lipinski definition) is 1. The van der Waals surface area contributed by atoms with Gasteiger partial charge in [0.2, 0.25) is 0 Å². The van der Waals surface area contributed by atoms with Crippen LogP contribution in [0.25, 0.3) is 0 Å². The van der Waals surface area contributed by atoms with Crippen molar-refractivity contribution in [2.45, 2.75) is 50.2 Å². The Morgan fingerprint density at radius 3 is 2.81 bits per heavy atom. The van der Waals surface area contributed by atoms with Crippen molar-refractivity contribution in [3.05, 3.63) is 29.6 Å². The van der Waals surface area contributed by atoms with E-state index >= 15 is 0 Å². The second kappa shape index (κ2) is 5.93. The van der Waals surface area contributed by atoms with Crippen molar-refractivity contribution in [2.24, 2.45) is 5.92 Å². The molecule has 2 unspecified atom stereocenters. The maximum absolute atomic E-state index is 14.1. The first-order valence-electron chi connectivity index (χ1n) is 7.79. The van der Waals surface area contributed by atoms with E-state index in [4.69, 9.17) is 9.47 Å². The third-order valence-corrected chi connectivity index (χ3v) is 5.02. The van der Waals surface area contributed by atoms with Gasteiger partial charge in [-0.25, -0.2) is 4.39 Å². The van der Waals surface area contributed by atoms with Crippen LogP contribution in [0.2, 0.25) is 0 Å². The van der Waals surface area contributed by atoms with Crippen molar-refractivity contribution in [3.63, 3.8) is 0 Å². The van der Waals surface area contributed by atoms with Gasteiger partial charge in [-0.1, -0.05) is 12.8 Å². The molecule has 2 fully saturated rings. The van der Waals surface area contributed by atoms with E-state index in [2.05, 4.69) is 0 Å². The standard InChI is InChI=1S/C17H23FO3/c1-20-13-4-5-14(15(18)10-13)16(19)12-6-9-21-17(11-12)7-2-3-8-17/h4-5,10,12,16,19H,2-3,6-9,11H2,1H3. The molecule has 3 rings (SSSR count). The predicted molar refractivity (Wildman–Crippen MR) is 77.8 cm³/mol. The van der Waals surface area contributed by atoms with Gasteiger partial charge < -0.3 is 14.6 Å². The van der Waals surface area contributed by atoms with Crippen LogP contribution >= 0.6 is 0 Å². The van der Waals surface area contributed by atoms with Gasteiger partial charge in [0.1, 0.15) is 11.6 Å². The van der Waals surface area contributed by atoms with Crippen molar-refractivity contribution < 1.29 is 19.0 Å². The highest BCUT2D eigenvalue weighted by Crippen LogP contribution is 2.45. The van der Waals surface area contributed by atoms with Crippen molar-refractivity contribution >= 4 is 0 Å². The number of hydrogen-bond acceptors (Lipinski definition) is 3. The van der Waals surface area contributed by atoms with Gasteiger partial charge in [0, 0.05) is 18.2 Å². The highest BCUT2D eigenvalue weighted by atomic mass is 19.1. The molecule has 1 aliphatic carbocycles. The normalized spacial score (nSPS) is 26.0. The fraction of sp³-hybridized carbons (Fsp3) is 0.647. The Labute approximate surface area is 125 Å². The maximum atomic E-state index is 14.1. The lowest BCUT2D eigenvalue weighted by molar-refractivity contribution is -0.113. The van der Waals surface area contributed by atoms with Crippen molar-refractivity contribution in [2.75, 3.05) is 13.7 Å². The van der Waals surface area contributed by atoms with Gasteiger partial charge >= 0.3 is 0 Å². The molecule has 1 N–H and O–H groups in total. The highest BCUT2D eigenvalue weighted by Gasteiger charge is 2.42. The van der Waals surface area contributed by atoms with E-state index < -0.39 is 11.9 Å². The number of aliphatic hydroxyl groups excluding tert-OH is 1. The van der Waals surface area contributed by atoms with Crippen LogP contribution in [0.1, 0.15) is 50.2 Å². The van der Waals surface area contributed by atoms with E-state index in [9.17, 15) is 9.50 Å². The van der Waals surface area contributed by atoms with Crippen molar-refractivity contribution in [3.8, 4) is 5.75 Å². The van der Waals surface area contributed by atoms with Gasteiger partial charge in [0.25, 0.3) is 0 Å². The number of ether oxygens (including phenoxy) is 2. The van der Waals surface area contributed by atoms with Crippen LogP contribution in [-0.4, -0.2) is 24.4 Å². The molecular formula is C17H23FO3. The number of methoxy groups -OCH3 is 1. The van der Waals surface area contributed by atoms with Crippen molar-refractivity contribution in [1.82, 2.24) is 0 Å². The van der Waals surface area contributed by atoms with E-state index in [1.54, 1.807) is 12.1 Å². The summed E-state index contributed by atoms with van der Waals surface area (Å²) in [7, 11) is 1.51. The molecule has 1 spiro atoms. The molecule has 4 heteroatoms. The third-order valence-electron chi connectivity index (χ3n) is 5.02. The lowest BCUT2D eigenvalue weighted by Gasteiger charge is -2.40. The highest BCUT2D eigenvalue weighted by molar-refractivity contribution is 5.30. The third kappa shape index (κ3) is 2.92. The molecule has 0 radical (unpaired) electrons. The van der Waals surface area contributed by atoms with Crippen LogP contribution in [0, 0.1) is 11.7 Å². The summed E-state index contributed by atoms with van der Waals surface area (Å²) in [5.41, 5.74) is 0.308. The van der Waals surface area contributed by atoms with Crippen LogP contribution in [0.3, 0.4) is 0 Å². The zero-order chi connectivity index (χ0) is 14.9. The molecule has 1 saturated carbocycles. The summed E-state index contributed by atoms with van der Waals surface area (Å²) in [4.78, 5) is 0. The van der Waals surface area contributed by atoms with Gasteiger partial charge in [-0.15, -0.1) is 0 Å². The minimum Gasteiger partial charge on any atom is -0.497 e. The van der Waals surface area contributed by atoms with Gasteiger partial charge in [-0.2, -0.15) is 0 Å². The van der Waals surface area contributed by atoms with Crippen LogP contribution in [0.5, 0.6) is 5.75 Å². The summed E-state index contributed by atoms with van der Waals surface area (Å²) in [5, 5.41) is 10.6. The van der Waals surface area contributed by atoms with Gasteiger partial charge in [0.05, 0.1) is 18.8 Å². The Morgan fingerprint density at radius 1 is 1.38 bits per heavy atom. The second-order valence-corrected chi connectivity index (χ2v) is 6.32. The van der Waals surface area contributed by atoms with Gasteiger partial charge in [0.15, 0.2) is 0 Å². The Hall–Kier alpha value is -1.13. The molecule has 1 aromatic carbocycles. The summed E-state index contributed by atoms with van der Waals surface area (Å²) < 4.78 is 25.1. The molecule has 0 amide bonds. The minimum absolute atomic E-state index is 0.0627. The molecule has 1 heterocycles. The Morgan fingerprint density at radius 2 is 2.14 bits per heavy atom. The first-order valence-corrected chi connectivity index (χ1v) is 7.79.